The molecular formula is C37H47N5. The molecule has 1 aliphatic rings. The lowest BCUT2D eigenvalue weighted by atomic mass is 9.98. The molecule has 0 radical (unpaired) electrons. The number of nitrogens with zero attached hydrogens (tertiary/aromatic N) is 2. The maximum absolute atomic E-state index is 8.32. The van der Waals surface area contributed by atoms with Crippen LogP contribution in [0.25, 0.3) is 27.1 Å². The van der Waals surface area contributed by atoms with Crippen LogP contribution in [0.3, 0.4) is 0 Å². The zero-order chi connectivity index (χ0) is 30.1. The minimum absolute atomic E-state index is 0.772. The Labute approximate surface area is 250 Å². The van der Waals surface area contributed by atoms with Crippen LogP contribution in [0.1, 0.15) is 121 Å². The van der Waals surface area contributed by atoms with Gasteiger partial charge in [-0.25, -0.2) is 4.85 Å². The molecule has 42 heavy (non-hydrogen) atoms. The van der Waals surface area contributed by atoms with E-state index in [1.165, 1.54) is 49.9 Å². The van der Waals surface area contributed by atoms with Gasteiger partial charge < -0.3 is 19.5 Å². The molecule has 5 rings (SSSR count). The van der Waals surface area contributed by atoms with E-state index >= 15 is 0 Å². The van der Waals surface area contributed by atoms with Crippen molar-refractivity contribution in [3.05, 3.63) is 96.5 Å². The topological polar surface area (TPSA) is 56.7 Å². The van der Waals surface area contributed by atoms with Gasteiger partial charge in [0.05, 0.1) is 6.57 Å². The Bertz CT molecular complexity index is 1920. The first-order valence-electron chi connectivity index (χ1n) is 16.2. The van der Waals surface area contributed by atoms with Crippen molar-refractivity contribution >= 4 is 28.0 Å². The third-order valence-electron chi connectivity index (χ3n) is 9.30. The molecule has 0 unspecified atom stereocenters. The molecule has 4 aromatic rings. The van der Waals surface area contributed by atoms with Gasteiger partial charge in [0, 0.05) is 50.7 Å². The lowest BCUT2D eigenvalue weighted by Crippen LogP contribution is -2.31. The van der Waals surface area contributed by atoms with Gasteiger partial charge in [-0.05, 0) is 115 Å². The first-order chi connectivity index (χ1) is 20.5. The second kappa shape index (κ2) is 12.1. The molecule has 5 heterocycles. The van der Waals surface area contributed by atoms with Crippen molar-refractivity contribution < 1.29 is 0 Å². The van der Waals surface area contributed by atoms with Crippen LogP contribution < -0.4 is 21.4 Å². The first-order valence-corrected chi connectivity index (χ1v) is 16.2. The predicted octanol–water partition coefficient (Wildman–Crippen LogP) is 6.48. The van der Waals surface area contributed by atoms with E-state index in [4.69, 9.17) is 6.57 Å². The molecule has 5 nitrogen and oxygen atoms in total. The fourth-order valence-corrected chi connectivity index (χ4v) is 7.43. The number of fused-ring (bicyclic) bond motifs is 8. The monoisotopic (exact) mass is 561 g/mol. The maximum atomic E-state index is 8.32. The molecular weight excluding hydrogens is 514 g/mol. The molecule has 0 saturated heterocycles. The van der Waals surface area contributed by atoms with Crippen LogP contribution in [-0.4, -0.2) is 19.5 Å². The highest BCUT2D eigenvalue weighted by Crippen LogP contribution is 2.37. The van der Waals surface area contributed by atoms with Gasteiger partial charge >= 0.3 is 0 Å². The second-order valence-corrected chi connectivity index (χ2v) is 11.2. The summed E-state index contributed by atoms with van der Waals surface area (Å²) in [5.41, 5.74) is 14.4. The highest BCUT2D eigenvalue weighted by Gasteiger charge is 2.24. The van der Waals surface area contributed by atoms with E-state index in [1.54, 1.807) is 0 Å². The predicted molar refractivity (Wildman–Crippen MR) is 177 cm³/mol. The summed E-state index contributed by atoms with van der Waals surface area (Å²) in [6, 6.07) is 8.93. The van der Waals surface area contributed by atoms with Crippen LogP contribution >= 0.6 is 0 Å². The summed E-state index contributed by atoms with van der Waals surface area (Å²) in [5, 5.41) is 4.93. The number of rotatable bonds is 8. The van der Waals surface area contributed by atoms with Crippen LogP contribution in [0.15, 0.2) is 24.3 Å². The van der Waals surface area contributed by atoms with Crippen LogP contribution in [0.4, 0.5) is 5.69 Å². The Hall–Kier alpha value is -3.91. The van der Waals surface area contributed by atoms with E-state index in [0.29, 0.717) is 0 Å². The van der Waals surface area contributed by atoms with E-state index in [1.807, 2.05) is 0 Å². The average molecular weight is 562 g/mol. The number of hydrogen-bond acceptors (Lipinski definition) is 0. The first kappa shape index (κ1) is 29.6. The minimum atomic E-state index is 0.772. The number of H-pyrrole nitrogens is 3. The highest BCUT2D eigenvalue weighted by atomic mass is 15.0. The summed E-state index contributed by atoms with van der Waals surface area (Å²) in [6.07, 6.45) is 6.34. The van der Waals surface area contributed by atoms with Gasteiger partial charge in [-0.1, -0.05) is 48.5 Å². The lowest BCUT2D eigenvalue weighted by Gasteiger charge is -2.12. The summed E-state index contributed by atoms with van der Waals surface area (Å²) in [7, 11) is 0. The summed E-state index contributed by atoms with van der Waals surface area (Å²) in [5.74, 6) is 0. The summed E-state index contributed by atoms with van der Waals surface area (Å²) in [6.45, 7) is 27.3. The lowest BCUT2D eigenvalue weighted by molar-refractivity contribution is 0.709. The second-order valence-electron chi connectivity index (χ2n) is 11.2. The van der Waals surface area contributed by atoms with Gasteiger partial charge in [-0.15, -0.1) is 0 Å². The van der Waals surface area contributed by atoms with Crippen molar-refractivity contribution in [3.63, 3.8) is 0 Å². The van der Waals surface area contributed by atoms with Gasteiger partial charge in [0.15, 0.2) is 0 Å². The van der Waals surface area contributed by atoms with Crippen LogP contribution in [-0.2, 0) is 25.8 Å². The molecule has 0 aromatic carbocycles. The highest BCUT2D eigenvalue weighted by molar-refractivity contribution is 5.83. The Morgan fingerprint density at radius 2 is 1.07 bits per heavy atom. The molecule has 0 fully saturated rings. The Morgan fingerprint density at radius 3 is 1.57 bits per heavy atom. The molecule has 0 amide bonds. The molecule has 0 atom stereocenters. The van der Waals surface area contributed by atoms with E-state index in [9.17, 15) is 0 Å². The number of aromatic nitrogens is 4. The van der Waals surface area contributed by atoms with Crippen molar-refractivity contribution in [2.24, 2.45) is 0 Å². The summed E-state index contributed by atoms with van der Waals surface area (Å²) >= 11 is 0. The van der Waals surface area contributed by atoms with Gasteiger partial charge in [-0.3, -0.25) is 0 Å². The van der Waals surface area contributed by atoms with Gasteiger partial charge in [0.2, 0.25) is 5.69 Å². The van der Waals surface area contributed by atoms with Crippen LogP contribution in [0.5, 0.6) is 0 Å². The van der Waals surface area contributed by atoms with Crippen molar-refractivity contribution in [2.75, 3.05) is 0 Å². The number of aromatic amines is 3. The van der Waals surface area contributed by atoms with E-state index in [-0.39, 0.29) is 0 Å². The molecule has 8 bridgehead atoms. The largest absolute Gasteiger partial charge is 0.365 e. The standard InChI is InChI=1S/C37H47N5/c1-10-22-23(11-2)37-28(16-7)33-27(15-6)34(38-9)35(41-33)25(13-4)31-20-18-29(39-31)24(12-3)30-19-21-32(40-30)26(14-5)36(22)42(37)17-8/h18-21,39-41H,10-17H2,1-8H3. The Balaban J connectivity index is 2.15. The average Bonchev–Trinajstić information content (AvgIpc) is 3.80. The van der Waals surface area contributed by atoms with E-state index in [2.05, 4.69) is 104 Å². The minimum Gasteiger partial charge on any atom is -0.365 e. The van der Waals surface area contributed by atoms with Gasteiger partial charge in [0.1, 0.15) is 0 Å². The van der Waals surface area contributed by atoms with Gasteiger partial charge in [0.25, 0.3) is 0 Å². The molecule has 5 heteroatoms. The molecule has 4 aromatic heterocycles. The smallest absolute Gasteiger partial charge is 0.215 e. The van der Waals surface area contributed by atoms with Crippen molar-refractivity contribution in [1.82, 2.24) is 19.5 Å². The van der Waals surface area contributed by atoms with Crippen molar-refractivity contribution in [3.8, 4) is 0 Å². The van der Waals surface area contributed by atoms with E-state index < -0.39 is 0 Å². The quantitative estimate of drug-likeness (QED) is 0.206. The Kier molecular flexibility index (Phi) is 8.55. The number of hydrogen-bond donors (Lipinski definition) is 3. The third kappa shape index (κ3) is 4.44. The zero-order valence-corrected chi connectivity index (χ0v) is 26.9. The third-order valence-corrected chi connectivity index (χ3v) is 9.30. The molecule has 0 spiro atoms. The fourth-order valence-electron chi connectivity index (χ4n) is 7.43. The molecule has 220 valence electrons. The molecule has 3 N–H and O–H groups in total. The maximum Gasteiger partial charge on any atom is 0.215 e. The van der Waals surface area contributed by atoms with E-state index in [0.717, 1.165) is 90.4 Å². The van der Waals surface area contributed by atoms with Crippen molar-refractivity contribution in [2.45, 2.75) is 107 Å². The van der Waals surface area contributed by atoms with Gasteiger partial charge in [-0.2, -0.15) is 0 Å². The molecule has 0 saturated carbocycles. The zero-order valence-electron chi connectivity index (χ0n) is 26.9. The number of nitrogens with one attached hydrogen (secondary N) is 3. The SMILES string of the molecule is [C-]#[N+]c1c2[nH]c(c1CC)C(CC)=c1c(CC)c(CC)c(n1CC)=C(CC)c1ccc([nH]1)C(CC)=c1ccc([nH]1)=C2CC. The molecule has 0 aliphatic carbocycles. The molecule has 1 aliphatic heterocycles. The normalized spacial score (nSPS) is 13.3. The Morgan fingerprint density at radius 1 is 0.548 bits per heavy atom. The fraction of sp³-hybridized carbons (Fsp3) is 0.432. The van der Waals surface area contributed by atoms with Crippen molar-refractivity contribution in [1.29, 1.82) is 0 Å². The van der Waals surface area contributed by atoms with Crippen LogP contribution in [0.2, 0.25) is 0 Å². The van der Waals surface area contributed by atoms with Crippen LogP contribution in [0, 0.1) is 6.57 Å². The summed E-state index contributed by atoms with van der Waals surface area (Å²) in [4.78, 5) is 15.7. The summed E-state index contributed by atoms with van der Waals surface area (Å²) < 4.78 is 2.59.